The van der Waals surface area contributed by atoms with Crippen molar-refractivity contribution >= 4 is 0 Å². The van der Waals surface area contributed by atoms with Crippen molar-refractivity contribution in [1.82, 2.24) is 9.80 Å². The van der Waals surface area contributed by atoms with E-state index in [-0.39, 0.29) is 5.54 Å². The lowest BCUT2D eigenvalue weighted by molar-refractivity contribution is 0.142. The predicted molar refractivity (Wildman–Crippen MR) is 84.7 cm³/mol. The van der Waals surface area contributed by atoms with Gasteiger partial charge in [-0.05, 0) is 37.9 Å². The van der Waals surface area contributed by atoms with Crippen molar-refractivity contribution in [3.63, 3.8) is 0 Å². The molecule has 0 spiro atoms. The van der Waals surface area contributed by atoms with Crippen molar-refractivity contribution in [3.05, 3.63) is 35.9 Å². The summed E-state index contributed by atoms with van der Waals surface area (Å²) in [5.74, 6) is 0. The van der Waals surface area contributed by atoms with E-state index in [1.807, 2.05) is 0 Å². The van der Waals surface area contributed by atoms with Crippen LogP contribution in [-0.2, 0) is 6.54 Å². The Hall–Kier alpha value is -1.37. The van der Waals surface area contributed by atoms with Crippen LogP contribution >= 0.6 is 0 Å². The van der Waals surface area contributed by atoms with Gasteiger partial charge in [0, 0.05) is 19.6 Å². The molecule has 0 N–H and O–H groups in total. The molecular weight excluding hydrogens is 258 g/mol. The molecule has 21 heavy (non-hydrogen) atoms. The Morgan fingerprint density at radius 2 is 1.71 bits per heavy atom. The van der Waals surface area contributed by atoms with E-state index in [1.54, 1.807) is 0 Å². The summed E-state index contributed by atoms with van der Waals surface area (Å²) in [5.41, 5.74) is 1.11. The summed E-state index contributed by atoms with van der Waals surface area (Å²) in [6.07, 6.45) is 6.15. The smallest absolute Gasteiger partial charge is 0.123 e. The summed E-state index contributed by atoms with van der Waals surface area (Å²) >= 11 is 0. The first kappa shape index (κ1) is 14.6. The van der Waals surface area contributed by atoms with Crippen LogP contribution in [0.5, 0.6) is 0 Å². The first-order valence-corrected chi connectivity index (χ1v) is 8.25. The van der Waals surface area contributed by atoms with E-state index in [0.29, 0.717) is 0 Å². The number of hydrogen-bond acceptors (Lipinski definition) is 3. The highest BCUT2D eigenvalue weighted by molar-refractivity contribution is 5.18. The molecule has 0 saturated carbocycles. The number of nitriles is 1. The van der Waals surface area contributed by atoms with Crippen LogP contribution in [0.3, 0.4) is 0 Å². The highest BCUT2D eigenvalue weighted by Crippen LogP contribution is 2.30. The van der Waals surface area contributed by atoms with Gasteiger partial charge in [0.2, 0.25) is 0 Å². The van der Waals surface area contributed by atoms with Gasteiger partial charge in [0.25, 0.3) is 0 Å². The van der Waals surface area contributed by atoms with Gasteiger partial charge in [-0.25, -0.2) is 0 Å². The quantitative estimate of drug-likeness (QED) is 0.854. The Bertz CT molecular complexity index is 485. The van der Waals surface area contributed by atoms with Crippen LogP contribution in [0.1, 0.15) is 37.7 Å². The minimum Gasteiger partial charge on any atom is -0.296 e. The van der Waals surface area contributed by atoms with Crippen molar-refractivity contribution in [2.24, 2.45) is 0 Å². The minimum absolute atomic E-state index is 0.237. The lowest BCUT2D eigenvalue weighted by Gasteiger charge is -2.35. The van der Waals surface area contributed by atoms with Crippen LogP contribution in [0.25, 0.3) is 0 Å². The van der Waals surface area contributed by atoms with Crippen LogP contribution in [0, 0.1) is 11.3 Å². The molecule has 2 aliphatic heterocycles. The lowest BCUT2D eigenvalue weighted by Crippen LogP contribution is -2.50. The van der Waals surface area contributed by atoms with Crippen molar-refractivity contribution in [1.29, 1.82) is 5.26 Å². The molecular formula is C18H25N3. The Labute approximate surface area is 128 Å². The maximum Gasteiger partial charge on any atom is 0.123 e. The maximum absolute atomic E-state index is 9.83. The number of likely N-dealkylation sites (tertiary alicyclic amines) is 2. The van der Waals surface area contributed by atoms with Crippen molar-refractivity contribution < 1.29 is 0 Å². The minimum atomic E-state index is -0.237. The first-order valence-electron chi connectivity index (χ1n) is 8.25. The molecule has 112 valence electrons. The molecule has 0 amide bonds. The van der Waals surface area contributed by atoms with Gasteiger partial charge in [0.1, 0.15) is 5.54 Å². The fraction of sp³-hybridized carbons (Fsp3) is 0.611. The fourth-order valence-electron chi connectivity index (χ4n) is 3.77. The van der Waals surface area contributed by atoms with E-state index in [0.717, 1.165) is 39.1 Å². The van der Waals surface area contributed by atoms with Gasteiger partial charge in [-0.15, -0.1) is 0 Å². The number of nitrogens with zero attached hydrogens (tertiary/aromatic N) is 3. The molecule has 2 fully saturated rings. The Morgan fingerprint density at radius 3 is 2.38 bits per heavy atom. The van der Waals surface area contributed by atoms with Crippen LogP contribution in [0.4, 0.5) is 0 Å². The van der Waals surface area contributed by atoms with Gasteiger partial charge in [0.15, 0.2) is 0 Å². The molecule has 1 aromatic rings. The number of hydrogen-bond donors (Lipinski definition) is 0. The molecule has 1 aromatic carbocycles. The summed E-state index contributed by atoms with van der Waals surface area (Å²) in [6.45, 7) is 5.12. The highest BCUT2D eigenvalue weighted by Gasteiger charge is 2.43. The Morgan fingerprint density at radius 1 is 1.00 bits per heavy atom. The molecule has 3 heteroatoms. The summed E-state index contributed by atoms with van der Waals surface area (Å²) in [7, 11) is 0. The van der Waals surface area contributed by atoms with Crippen molar-refractivity contribution in [2.45, 2.75) is 44.2 Å². The van der Waals surface area contributed by atoms with Gasteiger partial charge in [-0.2, -0.15) is 5.26 Å². The first-order chi connectivity index (χ1) is 10.3. The third-order valence-corrected chi connectivity index (χ3v) is 5.00. The van der Waals surface area contributed by atoms with Gasteiger partial charge in [-0.1, -0.05) is 43.2 Å². The van der Waals surface area contributed by atoms with Gasteiger partial charge in [0.05, 0.1) is 6.07 Å². The van der Waals surface area contributed by atoms with E-state index < -0.39 is 0 Å². The molecule has 0 aliphatic carbocycles. The van der Waals surface area contributed by atoms with Gasteiger partial charge < -0.3 is 0 Å². The molecule has 3 rings (SSSR count). The van der Waals surface area contributed by atoms with E-state index in [4.69, 9.17) is 0 Å². The molecule has 2 aliphatic rings. The predicted octanol–water partition coefficient (Wildman–Crippen LogP) is 3.03. The van der Waals surface area contributed by atoms with Crippen molar-refractivity contribution in [2.75, 3.05) is 26.2 Å². The van der Waals surface area contributed by atoms with Gasteiger partial charge >= 0.3 is 0 Å². The second-order valence-corrected chi connectivity index (χ2v) is 6.49. The van der Waals surface area contributed by atoms with Crippen LogP contribution in [-0.4, -0.2) is 41.5 Å². The highest BCUT2D eigenvalue weighted by atomic mass is 15.3. The fourth-order valence-corrected chi connectivity index (χ4v) is 3.77. The monoisotopic (exact) mass is 283 g/mol. The molecule has 2 heterocycles. The molecule has 2 saturated heterocycles. The largest absolute Gasteiger partial charge is 0.296 e. The average molecular weight is 283 g/mol. The van der Waals surface area contributed by atoms with E-state index >= 15 is 0 Å². The van der Waals surface area contributed by atoms with E-state index in [2.05, 4.69) is 46.2 Å². The van der Waals surface area contributed by atoms with Crippen LogP contribution in [0.15, 0.2) is 30.3 Å². The molecule has 3 nitrogen and oxygen atoms in total. The summed E-state index contributed by atoms with van der Waals surface area (Å²) in [6, 6.07) is 13.3. The molecule has 1 unspecified atom stereocenters. The lowest BCUT2D eigenvalue weighted by atomic mass is 9.97. The SMILES string of the molecule is N#CC1(N2CCCCCC2)CCN(Cc2ccccc2)C1. The number of rotatable bonds is 3. The normalized spacial score (nSPS) is 28.1. The van der Waals surface area contributed by atoms with Crippen LogP contribution in [0.2, 0.25) is 0 Å². The zero-order valence-electron chi connectivity index (χ0n) is 12.8. The van der Waals surface area contributed by atoms with Crippen LogP contribution < -0.4 is 0 Å². The topological polar surface area (TPSA) is 30.3 Å². The second-order valence-electron chi connectivity index (χ2n) is 6.49. The Balaban J connectivity index is 1.66. The maximum atomic E-state index is 9.83. The molecule has 0 radical (unpaired) electrons. The summed E-state index contributed by atoms with van der Waals surface area (Å²) in [5, 5.41) is 9.83. The molecule has 1 atom stereocenters. The third kappa shape index (κ3) is 3.28. The third-order valence-electron chi connectivity index (χ3n) is 5.00. The number of benzene rings is 1. The second kappa shape index (κ2) is 6.60. The van der Waals surface area contributed by atoms with E-state index in [9.17, 15) is 5.26 Å². The summed E-state index contributed by atoms with van der Waals surface area (Å²) < 4.78 is 0. The Kier molecular flexibility index (Phi) is 4.57. The zero-order chi connectivity index (χ0) is 14.5. The molecule has 0 aromatic heterocycles. The van der Waals surface area contributed by atoms with E-state index in [1.165, 1.54) is 31.2 Å². The standard InChI is InChI=1S/C18H25N3/c19-15-18(21-11-6-1-2-7-12-21)10-13-20(16-18)14-17-8-4-3-5-9-17/h3-5,8-9H,1-2,6-7,10-14,16H2. The van der Waals surface area contributed by atoms with Crippen molar-refractivity contribution in [3.8, 4) is 6.07 Å². The van der Waals surface area contributed by atoms with Gasteiger partial charge in [-0.3, -0.25) is 9.80 Å². The average Bonchev–Trinajstić information content (AvgIpc) is 2.75. The molecule has 0 bridgehead atoms. The summed E-state index contributed by atoms with van der Waals surface area (Å²) in [4.78, 5) is 4.93. The zero-order valence-corrected chi connectivity index (χ0v) is 12.8.